The Kier molecular flexibility index (Phi) is 14.7. The average Bonchev–Trinajstić information content (AvgIpc) is 3.94. The summed E-state index contributed by atoms with van der Waals surface area (Å²) in [7, 11) is 1.28. The third-order valence-corrected chi connectivity index (χ3v) is 12.3. The second-order valence-electron chi connectivity index (χ2n) is 15.9. The molecule has 10 nitrogen and oxygen atoms in total. The van der Waals surface area contributed by atoms with E-state index >= 15 is 0 Å². The minimum Gasteiger partial charge on any atom is -0.681 e. The zero-order valence-electron chi connectivity index (χ0n) is 35.4. The number of allylic oxidation sites excluding steroid dienone is 2. The monoisotopic (exact) mass is 796 g/mol. The first-order valence-corrected chi connectivity index (χ1v) is 20.4. The smallest absolute Gasteiger partial charge is 0.681 e. The number of fused-ring (bicyclic) bond motifs is 8. The van der Waals surface area contributed by atoms with Crippen LogP contribution in [0.1, 0.15) is 129 Å². The Bertz CT molecular complexity index is 2390. The third-order valence-electron chi connectivity index (χ3n) is 12.3. The first-order valence-electron chi connectivity index (χ1n) is 20.4. The van der Waals surface area contributed by atoms with Gasteiger partial charge >= 0.3 is 35.0 Å². The molecule has 3 aliphatic rings. The normalized spacial score (nSPS) is 22.5. The Labute approximate surface area is 357 Å². The number of rotatable bonds is 14. The largest absolute Gasteiger partial charge is 2.00 e. The number of ketones is 1. The van der Waals surface area contributed by atoms with E-state index < -0.39 is 17.9 Å². The van der Waals surface area contributed by atoms with Crippen molar-refractivity contribution < 1.29 is 29.0 Å². The van der Waals surface area contributed by atoms with E-state index in [4.69, 9.17) is 29.7 Å². The van der Waals surface area contributed by atoms with Gasteiger partial charge < -0.3 is 34.8 Å². The number of carbonyl (C=O) groups excluding carboxylic acids is 3. The summed E-state index contributed by atoms with van der Waals surface area (Å²) in [4.78, 5) is 56.1. The van der Waals surface area contributed by atoms with Crippen molar-refractivity contribution in [3.8, 4) is 0 Å². The van der Waals surface area contributed by atoms with E-state index in [2.05, 4.69) is 34.3 Å². The number of aliphatic hydroxyl groups is 1. The maximum Gasteiger partial charge on any atom is 2.00 e. The zero-order valence-corrected chi connectivity index (χ0v) is 36.8. The summed E-state index contributed by atoms with van der Waals surface area (Å²) < 4.78 is 10.9. The molecule has 8 bridgehead atoms. The van der Waals surface area contributed by atoms with E-state index in [9.17, 15) is 19.5 Å². The van der Waals surface area contributed by atoms with Crippen LogP contribution >= 0.6 is 0 Å². The number of Topliss-reactive ketones (excluding diaryl/α,β-unsaturated/α-hetero) is 1. The zero-order chi connectivity index (χ0) is 41.1. The number of nitrogens with zero attached hydrogens (tertiary/aromatic N) is 4. The number of esters is 2. The summed E-state index contributed by atoms with van der Waals surface area (Å²) in [5.74, 6) is -2.31. The summed E-state index contributed by atoms with van der Waals surface area (Å²) >= 11 is 0. The SMILES string of the molecule is C=Cc1c2[n-]c(c1C)/C=C1\[N-]C(C3=c4[n-]/c(c(C)c4C(=O)[C@@H]3C(=O)OC)=C\c3[n-]c(/c(=C\O)c3CC)=C\2)[C@@H](CCC(=O)OC/C=C(\C)CCC[C@@H](C)CCC)[C@@H]1C.[Mg+2]. The van der Waals surface area contributed by atoms with Crippen molar-refractivity contribution in [2.24, 2.45) is 23.7 Å². The van der Waals surface area contributed by atoms with Crippen molar-refractivity contribution in [2.75, 3.05) is 13.7 Å². The van der Waals surface area contributed by atoms with Crippen LogP contribution in [-0.2, 0) is 25.5 Å². The predicted molar refractivity (Wildman–Crippen MR) is 230 cm³/mol. The maximum absolute atomic E-state index is 14.3. The summed E-state index contributed by atoms with van der Waals surface area (Å²) in [5.41, 5.74) is 7.95. The van der Waals surface area contributed by atoms with E-state index in [0.29, 0.717) is 67.9 Å². The second kappa shape index (κ2) is 19.1. The van der Waals surface area contributed by atoms with Crippen molar-refractivity contribution in [1.29, 1.82) is 0 Å². The van der Waals surface area contributed by atoms with Crippen LogP contribution in [0.5, 0.6) is 0 Å². The van der Waals surface area contributed by atoms with E-state index in [0.717, 1.165) is 47.4 Å². The Morgan fingerprint density at radius 2 is 1.74 bits per heavy atom. The predicted octanol–water partition coefficient (Wildman–Crippen LogP) is 5.33. The van der Waals surface area contributed by atoms with Gasteiger partial charge in [0, 0.05) is 12.0 Å². The fourth-order valence-electron chi connectivity index (χ4n) is 8.95. The van der Waals surface area contributed by atoms with E-state index in [1.807, 2.05) is 45.1 Å². The van der Waals surface area contributed by atoms with Crippen molar-refractivity contribution in [1.82, 2.24) is 15.0 Å². The van der Waals surface area contributed by atoms with Crippen molar-refractivity contribution in [3.05, 3.63) is 95.4 Å². The molecule has 3 aromatic heterocycles. The van der Waals surface area contributed by atoms with Crippen LogP contribution in [-0.4, -0.2) is 65.6 Å². The number of ether oxygens (including phenoxy) is 2. The van der Waals surface area contributed by atoms with Crippen LogP contribution in [0.2, 0.25) is 0 Å². The number of hydrogen-bond donors (Lipinski definition) is 1. The number of hydrogen-bond acceptors (Lipinski definition) is 6. The molecule has 304 valence electrons. The van der Waals surface area contributed by atoms with Gasteiger partial charge in [-0.3, -0.25) is 14.4 Å². The first-order chi connectivity index (χ1) is 27.4. The summed E-state index contributed by atoms with van der Waals surface area (Å²) in [5, 5.41) is 17.8. The first kappa shape index (κ1) is 44.6. The van der Waals surface area contributed by atoms with Gasteiger partial charge in [-0.25, -0.2) is 0 Å². The minimum absolute atomic E-state index is 0. The van der Waals surface area contributed by atoms with Crippen LogP contribution in [0.15, 0.2) is 23.9 Å². The van der Waals surface area contributed by atoms with Gasteiger partial charge in [-0.15, -0.1) is 33.1 Å². The van der Waals surface area contributed by atoms with Crippen LogP contribution in [0.4, 0.5) is 0 Å². The number of aliphatic hydroxyl groups excluding tert-OH is 1. The molecule has 0 aromatic carbocycles. The molecule has 0 saturated carbocycles. The van der Waals surface area contributed by atoms with Gasteiger partial charge in [-0.05, 0) is 81.1 Å². The fraction of sp³-hybridized carbons (Fsp3) is 0.468. The van der Waals surface area contributed by atoms with Gasteiger partial charge in [0.25, 0.3) is 0 Å². The molecule has 6 rings (SSSR count). The van der Waals surface area contributed by atoms with Crippen LogP contribution in [0, 0.1) is 37.5 Å². The van der Waals surface area contributed by atoms with Crippen LogP contribution in [0.25, 0.3) is 41.5 Å². The molecule has 11 heteroatoms. The summed E-state index contributed by atoms with van der Waals surface area (Å²) in [6, 6.07) is -0.647. The molecule has 2 aliphatic heterocycles. The van der Waals surface area contributed by atoms with Crippen molar-refractivity contribution in [3.63, 3.8) is 0 Å². The number of carbonyl (C=O) groups is 3. The molecule has 1 N–H and O–H groups in total. The molecule has 5 heterocycles. The molecule has 1 saturated heterocycles. The topological polar surface area (TPSA) is 146 Å². The Morgan fingerprint density at radius 3 is 2.41 bits per heavy atom. The molecule has 1 unspecified atom stereocenters. The molecule has 3 aromatic rings. The maximum atomic E-state index is 14.3. The molecule has 0 radical (unpaired) electrons. The summed E-state index contributed by atoms with van der Waals surface area (Å²) in [6.45, 7) is 18.7. The Balaban J connectivity index is 0.00000641. The van der Waals surface area contributed by atoms with Gasteiger partial charge in [0.1, 0.15) is 12.5 Å². The third kappa shape index (κ3) is 8.62. The Morgan fingerprint density at radius 1 is 1.00 bits per heavy atom. The van der Waals surface area contributed by atoms with E-state index in [1.54, 1.807) is 6.08 Å². The standard InChI is InChI=1S/C47H56N4O6.Mg/c1-10-14-25(4)15-13-16-26(5)19-20-57-40(53)18-17-32-28(7)35-21-34-27(6)30(11-2)37(48-34)23-39-33(24-52)31(12-3)38(49-39)22-36-29(8)41-45(51-36)42(44(32)50-35)43(46(41)54)47(55)56-9;/h11,19,21-25,28,32,43-44H,2,10,12-18,20H2,1,3-9H3,(H,52,54);/q-4;+2/b26-19+,35-21-,39-23-;/t25-,28-,32-,43+,44?;/m0./s1. The number of methoxy groups -OCH3 is 1. The van der Waals surface area contributed by atoms with Crippen LogP contribution < -0.4 is 36.2 Å². The van der Waals surface area contributed by atoms with Gasteiger partial charge in [0.2, 0.25) is 0 Å². The number of aromatic nitrogens is 3. The van der Waals surface area contributed by atoms with Crippen molar-refractivity contribution >= 4 is 76.9 Å². The van der Waals surface area contributed by atoms with Gasteiger partial charge in [0.05, 0.1) is 13.4 Å². The molecular weight excluding hydrogens is 741 g/mol. The van der Waals surface area contributed by atoms with Gasteiger partial charge in [0.15, 0.2) is 5.78 Å². The van der Waals surface area contributed by atoms with Crippen LogP contribution in [0.3, 0.4) is 0 Å². The summed E-state index contributed by atoms with van der Waals surface area (Å²) in [6.07, 6.45) is 17.3. The molecule has 5 atom stereocenters. The Hall–Kier alpha value is -4.48. The average molecular weight is 797 g/mol. The molecule has 0 spiro atoms. The van der Waals surface area contributed by atoms with E-state index in [-0.39, 0.29) is 59.7 Å². The molecule has 1 fully saturated rings. The molecular formula is C47H56MgN4O6-2. The minimum atomic E-state index is -1.22. The van der Waals surface area contributed by atoms with Gasteiger partial charge in [-0.1, -0.05) is 112 Å². The quantitative estimate of drug-likeness (QED) is 0.0991. The van der Waals surface area contributed by atoms with Crippen molar-refractivity contribution in [2.45, 2.75) is 106 Å². The fourth-order valence-corrected chi connectivity index (χ4v) is 8.95. The van der Waals surface area contributed by atoms with E-state index in [1.165, 1.54) is 31.9 Å². The van der Waals surface area contributed by atoms with Gasteiger partial charge in [-0.2, -0.15) is 5.70 Å². The molecule has 1 aliphatic carbocycles. The molecule has 0 amide bonds. The second-order valence-corrected chi connectivity index (χ2v) is 15.9. The molecule has 58 heavy (non-hydrogen) atoms.